The summed E-state index contributed by atoms with van der Waals surface area (Å²) in [5, 5.41) is 3.88. The molecule has 30 heavy (non-hydrogen) atoms. The molecule has 1 aliphatic rings. The Morgan fingerprint density at radius 1 is 1.13 bits per heavy atom. The van der Waals surface area contributed by atoms with Crippen LogP contribution in [-0.2, 0) is 22.6 Å². The van der Waals surface area contributed by atoms with Gasteiger partial charge in [0.1, 0.15) is 11.9 Å². The summed E-state index contributed by atoms with van der Waals surface area (Å²) in [5.74, 6) is -0.950. The number of hydrogen-bond donors (Lipinski definition) is 1. The number of benzene rings is 2. The fourth-order valence-electron chi connectivity index (χ4n) is 3.71. The lowest BCUT2D eigenvalue weighted by Crippen LogP contribution is -2.50. The first-order valence-electron chi connectivity index (χ1n) is 10.1. The Labute approximate surface area is 186 Å². The summed E-state index contributed by atoms with van der Waals surface area (Å²) in [4.78, 5) is 27.4. The van der Waals surface area contributed by atoms with Gasteiger partial charge in [-0.2, -0.15) is 0 Å². The molecule has 0 saturated heterocycles. The van der Waals surface area contributed by atoms with Gasteiger partial charge in [-0.15, -0.1) is 0 Å². The summed E-state index contributed by atoms with van der Waals surface area (Å²) >= 11 is 12.2. The van der Waals surface area contributed by atoms with E-state index in [1.807, 2.05) is 0 Å². The first-order valence-corrected chi connectivity index (χ1v) is 10.9. The lowest BCUT2D eigenvalue weighted by molar-refractivity contribution is -0.140. The number of nitrogens with one attached hydrogen (secondary N) is 1. The second kappa shape index (κ2) is 10.3. The van der Waals surface area contributed by atoms with Gasteiger partial charge in [-0.05, 0) is 43.5 Å². The summed E-state index contributed by atoms with van der Waals surface area (Å²) < 4.78 is 14.3. The predicted molar refractivity (Wildman–Crippen MR) is 117 cm³/mol. The smallest absolute Gasteiger partial charge is 0.242 e. The number of rotatable bonds is 7. The zero-order valence-electron chi connectivity index (χ0n) is 16.8. The highest BCUT2D eigenvalue weighted by Crippen LogP contribution is 2.23. The van der Waals surface area contributed by atoms with Gasteiger partial charge in [0.25, 0.3) is 0 Å². The molecule has 0 unspecified atom stereocenters. The van der Waals surface area contributed by atoms with Crippen molar-refractivity contribution in [2.45, 2.75) is 57.7 Å². The van der Waals surface area contributed by atoms with Crippen molar-refractivity contribution in [3.8, 4) is 0 Å². The molecule has 1 fully saturated rings. The van der Waals surface area contributed by atoms with E-state index in [2.05, 4.69) is 5.32 Å². The molecule has 3 rings (SSSR count). The second-order valence-electron chi connectivity index (χ2n) is 7.69. The number of halogens is 3. The molecule has 0 spiro atoms. The summed E-state index contributed by atoms with van der Waals surface area (Å²) in [5.41, 5.74) is 0.960. The lowest BCUT2D eigenvalue weighted by atomic mass is 10.1. The molecule has 0 aliphatic heterocycles. The minimum Gasteiger partial charge on any atom is -0.352 e. The van der Waals surface area contributed by atoms with Crippen LogP contribution in [0.1, 0.15) is 43.7 Å². The van der Waals surface area contributed by atoms with E-state index in [0.717, 1.165) is 25.7 Å². The molecule has 2 amide bonds. The Morgan fingerprint density at radius 3 is 2.50 bits per heavy atom. The molecule has 1 saturated carbocycles. The zero-order chi connectivity index (χ0) is 21.7. The van der Waals surface area contributed by atoms with Gasteiger partial charge >= 0.3 is 0 Å². The van der Waals surface area contributed by atoms with Crippen LogP contribution in [-0.4, -0.2) is 28.8 Å². The molecular weight excluding hydrogens is 426 g/mol. The van der Waals surface area contributed by atoms with Crippen LogP contribution in [0.3, 0.4) is 0 Å². The average molecular weight is 451 g/mol. The molecule has 1 aliphatic carbocycles. The van der Waals surface area contributed by atoms with Crippen LogP contribution in [0.5, 0.6) is 0 Å². The molecular formula is C23H25Cl2FN2O2. The number of carbonyl (C=O) groups is 2. The van der Waals surface area contributed by atoms with E-state index in [1.54, 1.807) is 43.3 Å². The fourth-order valence-corrected chi connectivity index (χ4v) is 4.19. The summed E-state index contributed by atoms with van der Waals surface area (Å²) in [6.07, 6.45) is 4.06. The Balaban J connectivity index is 1.81. The maximum absolute atomic E-state index is 14.3. The van der Waals surface area contributed by atoms with E-state index in [9.17, 15) is 14.0 Å². The second-order valence-corrected chi connectivity index (χ2v) is 8.54. The molecule has 0 radical (unpaired) electrons. The third-order valence-corrected chi connectivity index (χ3v) is 6.11. The molecule has 2 aromatic carbocycles. The van der Waals surface area contributed by atoms with Crippen molar-refractivity contribution in [2.24, 2.45) is 0 Å². The van der Waals surface area contributed by atoms with E-state index < -0.39 is 11.9 Å². The Hall–Kier alpha value is -2.11. The van der Waals surface area contributed by atoms with Gasteiger partial charge in [0.15, 0.2) is 0 Å². The van der Waals surface area contributed by atoms with Crippen LogP contribution in [0.15, 0.2) is 42.5 Å². The van der Waals surface area contributed by atoms with Crippen molar-refractivity contribution >= 4 is 35.0 Å². The van der Waals surface area contributed by atoms with Crippen LogP contribution in [0, 0.1) is 5.82 Å². The highest BCUT2D eigenvalue weighted by molar-refractivity contribution is 6.35. The quantitative estimate of drug-likeness (QED) is 0.633. The SMILES string of the molecule is C[C@H](C(=O)NC1CCCC1)N(Cc1ccccc1F)C(=O)Cc1ccc(Cl)cc1Cl. The van der Waals surface area contributed by atoms with Crippen molar-refractivity contribution in [3.05, 3.63) is 69.5 Å². The average Bonchev–Trinajstić information content (AvgIpc) is 3.22. The normalized spacial score (nSPS) is 15.1. The van der Waals surface area contributed by atoms with Gasteiger partial charge < -0.3 is 10.2 Å². The van der Waals surface area contributed by atoms with Crippen LogP contribution in [0.25, 0.3) is 0 Å². The molecule has 0 aromatic heterocycles. The highest BCUT2D eigenvalue weighted by Gasteiger charge is 2.29. The van der Waals surface area contributed by atoms with E-state index in [1.165, 1.54) is 11.0 Å². The van der Waals surface area contributed by atoms with Crippen molar-refractivity contribution in [1.29, 1.82) is 0 Å². The van der Waals surface area contributed by atoms with Gasteiger partial charge in [0.05, 0.1) is 6.42 Å². The number of carbonyl (C=O) groups excluding carboxylic acids is 2. The van der Waals surface area contributed by atoms with Gasteiger partial charge in [0, 0.05) is 28.2 Å². The standard InChI is InChI=1S/C23H25Cl2FN2O2/c1-15(23(30)27-19-7-3-4-8-19)28(14-17-6-2-5-9-21(17)26)22(29)12-16-10-11-18(24)13-20(16)25/h2,5-6,9-11,13,15,19H,3-4,7-8,12,14H2,1H3,(H,27,30)/t15-/m1/s1. The Morgan fingerprint density at radius 2 is 1.83 bits per heavy atom. The van der Waals surface area contributed by atoms with Crippen molar-refractivity contribution < 1.29 is 14.0 Å². The number of nitrogens with zero attached hydrogens (tertiary/aromatic N) is 1. The third-order valence-electron chi connectivity index (χ3n) is 5.52. The summed E-state index contributed by atoms with van der Waals surface area (Å²) in [6.45, 7) is 1.67. The maximum atomic E-state index is 14.3. The minimum atomic E-state index is -0.746. The first kappa shape index (κ1) is 22.6. The molecule has 4 nitrogen and oxygen atoms in total. The van der Waals surface area contributed by atoms with Gasteiger partial charge in [-0.1, -0.05) is 60.3 Å². The van der Waals surface area contributed by atoms with E-state index in [-0.39, 0.29) is 30.8 Å². The zero-order valence-corrected chi connectivity index (χ0v) is 18.3. The van der Waals surface area contributed by atoms with Gasteiger partial charge in [-0.25, -0.2) is 4.39 Å². The molecule has 1 atom stereocenters. The summed E-state index contributed by atoms with van der Waals surface area (Å²) in [6, 6.07) is 10.6. The molecule has 2 aromatic rings. The number of amides is 2. The molecule has 7 heteroatoms. The van der Waals surface area contributed by atoms with Gasteiger partial charge in [-0.3, -0.25) is 9.59 Å². The van der Waals surface area contributed by atoms with E-state index in [0.29, 0.717) is 21.2 Å². The van der Waals surface area contributed by atoms with Crippen molar-refractivity contribution in [2.75, 3.05) is 0 Å². The van der Waals surface area contributed by atoms with Crippen LogP contribution in [0.2, 0.25) is 10.0 Å². The fraction of sp³-hybridized carbons (Fsp3) is 0.391. The maximum Gasteiger partial charge on any atom is 0.242 e. The topological polar surface area (TPSA) is 49.4 Å². The van der Waals surface area contributed by atoms with Crippen LogP contribution < -0.4 is 5.32 Å². The van der Waals surface area contributed by atoms with E-state index in [4.69, 9.17) is 23.2 Å². The minimum absolute atomic E-state index is 0.00400. The Bertz CT molecular complexity index is 916. The third kappa shape index (κ3) is 5.73. The highest BCUT2D eigenvalue weighted by atomic mass is 35.5. The monoisotopic (exact) mass is 450 g/mol. The molecule has 1 N–H and O–H groups in total. The van der Waals surface area contributed by atoms with E-state index >= 15 is 0 Å². The lowest BCUT2D eigenvalue weighted by Gasteiger charge is -2.30. The largest absolute Gasteiger partial charge is 0.352 e. The first-order chi connectivity index (χ1) is 14.3. The molecule has 0 bridgehead atoms. The predicted octanol–water partition coefficient (Wildman–Crippen LogP) is 5.15. The number of hydrogen-bond acceptors (Lipinski definition) is 2. The molecule has 0 heterocycles. The van der Waals surface area contributed by atoms with Crippen molar-refractivity contribution in [3.63, 3.8) is 0 Å². The van der Waals surface area contributed by atoms with Crippen LogP contribution in [0.4, 0.5) is 4.39 Å². The van der Waals surface area contributed by atoms with Gasteiger partial charge in [0.2, 0.25) is 11.8 Å². The Kier molecular flexibility index (Phi) is 7.73. The summed E-state index contributed by atoms with van der Waals surface area (Å²) in [7, 11) is 0. The van der Waals surface area contributed by atoms with Crippen LogP contribution >= 0.6 is 23.2 Å². The van der Waals surface area contributed by atoms with Crippen molar-refractivity contribution in [1.82, 2.24) is 10.2 Å². The molecule has 160 valence electrons.